The van der Waals surface area contributed by atoms with Gasteiger partial charge in [-0.15, -0.1) is 0 Å². The third-order valence-electron chi connectivity index (χ3n) is 5.32. The van der Waals surface area contributed by atoms with Crippen LogP contribution >= 0.6 is 0 Å². The van der Waals surface area contributed by atoms with E-state index in [2.05, 4.69) is 0 Å². The van der Waals surface area contributed by atoms with Crippen LogP contribution in [0.4, 0.5) is 0 Å². The summed E-state index contributed by atoms with van der Waals surface area (Å²) in [5, 5.41) is 30.0. The number of rotatable bonds is 8. The summed E-state index contributed by atoms with van der Waals surface area (Å²) in [5.74, 6) is 1.10. The molecule has 3 aromatic carbocycles. The smallest absolute Gasteiger partial charge is 0.129 e. The van der Waals surface area contributed by atoms with Gasteiger partial charge < -0.3 is 29.5 Å². The van der Waals surface area contributed by atoms with Crippen molar-refractivity contribution in [3.05, 3.63) is 95.6 Å². The molecule has 4 rings (SSSR count). The number of aliphatic hydroxyl groups excluding tert-OH is 3. The Morgan fingerprint density at radius 3 is 1.94 bits per heavy atom. The van der Waals surface area contributed by atoms with Crippen molar-refractivity contribution in [3.8, 4) is 11.5 Å². The fraction of sp³-hybridized carbons (Fsp3) is 0.280. The van der Waals surface area contributed by atoms with Crippen LogP contribution in [0, 0.1) is 0 Å². The molecule has 162 valence electrons. The summed E-state index contributed by atoms with van der Waals surface area (Å²) < 4.78 is 17.7. The lowest BCUT2D eigenvalue weighted by molar-refractivity contribution is -0.0235. The zero-order valence-electron chi connectivity index (χ0n) is 17.0. The Bertz CT molecular complexity index is 962. The number of benzene rings is 3. The minimum absolute atomic E-state index is 0.324. The first kappa shape index (κ1) is 21.3. The first-order valence-electron chi connectivity index (χ1n) is 10.3. The summed E-state index contributed by atoms with van der Waals surface area (Å²) >= 11 is 0. The van der Waals surface area contributed by atoms with Crippen LogP contribution < -0.4 is 9.47 Å². The third-order valence-corrected chi connectivity index (χ3v) is 5.32. The third kappa shape index (κ3) is 5.06. The topological polar surface area (TPSA) is 88.4 Å². The minimum Gasteiger partial charge on any atom is -0.489 e. The van der Waals surface area contributed by atoms with E-state index < -0.39 is 24.4 Å². The predicted molar refractivity (Wildman–Crippen MR) is 115 cm³/mol. The second-order valence-corrected chi connectivity index (χ2v) is 7.51. The molecular formula is C25H26O6. The lowest BCUT2D eigenvalue weighted by atomic mass is 10.0. The van der Waals surface area contributed by atoms with Crippen molar-refractivity contribution >= 4 is 0 Å². The van der Waals surface area contributed by atoms with Gasteiger partial charge in [-0.05, 0) is 23.3 Å². The lowest BCUT2D eigenvalue weighted by Crippen LogP contribution is -2.32. The molecule has 6 heteroatoms. The van der Waals surface area contributed by atoms with E-state index in [-0.39, 0.29) is 6.61 Å². The normalized spacial score (nSPS) is 22.9. The molecule has 1 heterocycles. The summed E-state index contributed by atoms with van der Waals surface area (Å²) in [6, 6.07) is 24.9. The van der Waals surface area contributed by atoms with Gasteiger partial charge in [0.25, 0.3) is 0 Å². The van der Waals surface area contributed by atoms with Crippen LogP contribution in [0.1, 0.15) is 22.8 Å². The standard InChI is InChI=1S/C25H26O6/c26-14-22-23(27)24(28)25(31-22)20-12-11-19(29-15-17-7-3-1-4-8-17)13-21(20)30-16-18-9-5-2-6-10-18/h1-13,22-28H,14-16H2/t22-,23+,24-,25+/m0/s1. The molecule has 3 aromatic rings. The van der Waals surface area contributed by atoms with E-state index in [0.29, 0.717) is 30.3 Å². The Morgan fingerprint density at radius 1 is 0.742 bits per heavy atom. The molecule has 0 spiro atoms. The molecule has 0 aromatic heterocycles. The number of hydrogen-bond donors (Lipinski definition) is 3. The van der Waals surface area contributed by atoms with Crippen molar-refractivity contribution < 1.29 is 29.5 Å². The highest BCUT2D eigenvalue weighted by atomic mass is 16.6. The fourth-order valence-corrected chi connectivity index (χ4v) is 3.60. The van der Waals surface area contributed by atoms with E-state index in [9.17, 15) is 15.3 Å². The summed E-state index contributed by atoms with van der Waals surface area (Å²) in [6.07, 6.45) is -4.02. The molecule has 1 fully saturated rings. The van der Waals surface area contributed by atoms with Gasteiger partial charge in [0.1, 0.15) is 49.1 Å². The largest absolute Gasteiger partial charge is 0.489 e. The molecule has 0 bridgehead atoms. The second-order valence-electron chi connectivity index (χ2n) is 7.51. The average molecular weight is 422 g/mol. The highest BCUT2D eigenvalue weighted by Crippen LogP contribution is 2.40. The maximum atomic E-state index is 10.5. The first-order chi connectivity index (χ1) is 15.2. The van der Waals surface area contributed by atoms with Crippen LogP contribution in [0.15, 0.2) is 78.9 Å². The van der Waals surface area contributed by atoms with Crippen molar-refractivity contribution in [1.82, 2.24) is 0 Å². The zero-order valence-corrected chi connectivity index (χ0v) is 17.0. The van der Waals surface area contributed by atoms with Crippen LogP contribution in [0.25, 0.3) is 0 Å². The van der Waals surface area contributed by atoms with E-state index in [1.807, 2.05) is 60.7 Å². The van der Waals surface area contributed by atoms with Gasteiger partial charge in [0.05, 0.1) is 6.61 Å². The molecule has 6 nitrogen and oxygen atoms in total. The van der Waals surface area contributed by atoms with Crippen molar-refractivity contribution in [2.24, 2.45) is 0 Å². The molecule has 1 saturated heterocycles. The zero-order chi connectivity index (χ0) is 21.6. The molecule has 0 unspecified atom stereocenters. The van der Waals surface area contributed by atoms with Crippen molar-refractivity contribution in [2.45, 2.75) is 37.6 Å². The molecule has 3 N–H and O–H groups in total. The molecule has 4 atom stereocenters. The predicted octanol–water partition coefficient (Wildman–Crippen LogP) is 3.00. The van der Waals surface area contributed by atoms with Crippen molar-refractivity contribution in [1.29, 1.82) is 0 Å². The van der Waals surface area contributed by atoms with Crippen molar-refractivity contribution in [3.63, 3.8) is 0 Å². The Hall–Kier alpha value is -2.90. The van der Waals surface area contributed by atoms with Gasteiger partial charge in [-0.1, -0.05) is 60.7 Å². The van der Waals surface area contributed by atoms with Crippen LogP contribution in [-0.2, 0) is 18.0 Å². The Balaban J connectivity index is 1.57. The quantitative estimate of drug-likeness (QED) is 0.517. The van der Waals surface area contributed by atoms with E-state index in [1.165, 1.54) is 0 Å². The van der Waals surface area contributed by atoms with Gasteiger partial charge in [-0.3, -0.25) is 0 Å². The maximum Gasteiger partial charge on any atom is 0.129 e. The van der Waals surface area contributed by atoms with Crippen LogP contribution in [0.2, 0.25) is 0 Å². The van der Waals surface area contributed by atoms with E-state index >= 15 is 0 Å². The minimum atomic E-state index is -1.18. The summed E-state index contributed by atoms with van der Waals surface area (Å²) in [5.41, 5.74) is 2.62. The summed E-state index contributed by atoms with van der Waals surface area (Å²) in [4.78, 5) is 0. The highest BCUT2D eigenvalue weighted by Gasteiger charge is 2.44. The second kappa shape index (κ2) is 9.94. The van der Waals surface area contributed by atoms with E-state index in [1.54, 1.807) is 18.2 Å². The summed E-state index contributed by atoms with van der Waals surface area (Å²) in [7, 11) is 0. The van der Waals surface area contributed by atoms with Crippen LogP contribution in [0.5, 0.6) is 11.5 Å². The summed E-state index contributed by atoms with van der Waals surface area (Å²) in [6.45, 7) is 0.351. The molecule has 0 amide bonds. The van der Waals surface area contributed by atoms with E-state index in [0.717, 1.165) is 11.1 Å². The molecule has 1 aliphatic heterocycles. The first-order valence-corrected chi connectivity index (χ1v) is 10.3. The lowest BCUT2D eigenvalue weighted by Gasteiger charge is -2.20. The number of hydrogen-bond acceptors (Lipinski definition) is 6. The van der Waals surface area contributed by atoms with E-state index in [4.69, 9.17) is 14.2 Å². The molecule has 1 aliphatic rings. The fourth-order valence-electron chi connectivity index (χ4n) is 3.60. The molecular weight excluding hydrogens is 396 g/mol. The van der Waals surface area contributed by atoms with Gasteiger partial charge in [0, 0.05) is 11.6 Å². The molecule has 0 radical (unpaired) electrons. The van der Waals surface area contributed by atoms with Gasteiger partial charge in [0.2, 0.25) is 0 Å². The number of aliphatic hydroxyl groups is 3. The molecule has 31 heavy (non-hydrogen) atoms. The number of ether oxygens (including phenoxy) is 3. The van der Waals surface area contributed by atoms with Crippen LogP contribution in [-0.4, -0.2) is 40.2 Å². The average Bonchev–Trinajstić information content (AvgIpc) is 3.11. The Labute approximate surface area is 181 Å². The Morgan fingerprint density at radius 2 is 1.35 bits per heavy atom. The van der Waals surface area contributed by atoms with Gasteiger partial charge in [0.15, 0.2) is 0 Å². The van der Waals surface area contributed by atoms with Crippen LogP contribution in [0.3, 0.4) is 0 Å². The van der Waals surface area contributed by atoms with Gasteiger partial charge in [-0.2, -0.15) is 0 Å². The SMILES string of the molecule is OC[C@@H]1O[C@H](c2ccc(OCc3ccccc3)cc2OCc2ccccc2)[C@@H](O)[C@@H]1O. The van der Waals surface area contributed by atoms with Crippen molar-refractivity contribution in [2.75, 3.05) is 6.61 Å². The molecule has 0 saturated carbocycles. The Kier molecular flexibility index (Phi) is 6.84. The maximum absolute atomic E-state index is 10.5. The van der Waals surface area contributed by atoms with Gasteiger partial charge >= 0.3 is 0 Å². The highest BCUT2D eigenvalue weighted by molar-refractivity contribution is 5.43. The molecule has 0 aliphatic carbocycles. The van der Waals surface area contributed by atoms with Gasteiger partial charge in [-0.25, -0.2) is 0 Å². The monoisotopic (exact) mass is 422 g/mol.